The standard InChI is InChI=1S/C17H21ClN4O/c1-17(2,3)22-16-20-10-13(11-21-16)15(23)19-9-8-12-4-6-14(18)7-5-12/h4-7,10-11H,8-9H2,1-3H3,(H,19,23)(H,20,21,22). The Morgan fingerprint density at radius 2 is 1.74 bits per heavy atom. The van der Waals surface area contributed by atoms with Gasteiger partial charge < -0.3 is 10.6 Å². The molecule has 1 aromatic carbocycles. The first-order valence-electron chi connectivity index (χ1n) is 7.46. The first-order valence-corrected chi connectivity index (χ1v) is 7.84. The van der Waals surface area contributed by atoms with E-state index >= 15 is 0 Å². The molecule has 0 radical (unpaired) electrons. The van der Waals surface area contributed by atoms with E-state index in [1.54, 1.807) is 0 Å². The van der Waals surface area contributed by atoms with Crippen LogP contribution in [0, 0.1) is 0 Å². The number of amides is 1. The van der Waals surface area contributed by atoms with Crippen LogP contribution in [0.1, 0.15) is 36.7 Å². The number of rotatable bonds is 5. The van der Waals surface area contributed by atoms with Crippen LogP contribution >= 0.6 is 11.6 Å². The van der Waals surface area contributed by atoms with E-state index in [1.165, 1.54) is 12.4 Å². The van der Waals surface area contributed by atoms with Gasteiger partial charge in [-0.1, -0.05) is 23.7 Å². The first-order chi connectivity index (χ1) is 10.8. The summed E-state index contributed by atoms with van der Waals surface area (Å²) in [6.07, 6.45) is 3.80. The van der Waals surface area contributed by atoms with E-state index in [1.807, 2.05) is 45.0 Å². The van der Waals surface area contributed by atoms with Crippen molar-refractivity contribution in [2.45, 2.75) is 32.7 Å². The quantitative estimate of drug-likeness (QED) is 0.881. The Morgan fingerprint density at radius 1 is 1.13 bits per heavy atom. The summed E-state index contributed by atoms with van der Waals surface area (Å²) in [5.74, 6) is 0.330. The molecule has 0 aliphatic rings. The van der Waals surface area contributed by atoms with Gasteiger partial charge in [0, 0.05) is 29.5 Å². The highest BCUT2D eigenvalue weighted by Gasteiger charge is 2.12. The fourth-order valence-corrected chi connectivity index (χ4v) is 2.04. The van der Waals surface area contributed by atoms with Crippen LogP contribution in [-0.2, 0) is 6.42 Å². The zero-order valence-corrected chi connectivity index (χ0v) is 14.3. The smallest absolute Gasteiger partial charge is 0.254 e. The van der Waals surface area contributed by atoms with Gasteiger partial charge in [-0.05, 0) is 44.9 Å². The van der Waals surface area contributed by atoms with E-state index < -0.39 is 0 Å². The molecule has 0 unspecified atom stereocenters. The number of hydrogen-bond acceptors (Lipinski definition) is 4. The third kappa shape index (κ3) is 5.87. The number of carbonyl (C=O) groups excluding carboxylic acids is 1. The number of hydrogen-bond donors (Lipinski definition) is 2. The molecule has 2 aromatic rings. The lowest BCUT2D eigenvalue weighted by molar-refractivity contribution is 0.0953. The number of nitrogens with zero attached hydrogens (tertiary/aromatic N) is 2. The average Bonchev–Trinajstić information content (AvgIpc) is 2.48. The largest absolute Gasteiger partial charge is 0.352 e. The van der Waals surface area contributed by atoms with Crippen LogP contribution in [0.25, 0.3) is 0 Å². The maximum atomic E-state index is 12.1. The minimum atomic E-state index is -0.179. The van der Waals surface area contributed by atoms with Crippen molar-refractivity contribution in [2.24, 2.45) is 0 Å². The highest BCUT2D eigenvalue weighted by atomic mass is 35.5. The molecule has 122 valence electrons. The van der Waals surface area contributed by atoms with Gasteiger partial charge in [0.1, 0.15) is 0 Å². The SMILES string of the molecule is CC(C)(C)Nc1ncc(C(=O)NCCc2ccc(Cl)cc2)cn1. The lowest BCUT2D eigenvalue weighted by atomic mass is 10.1. The van der Waals surface area contributed by atoms with Crippen molar-refractivity contribution in [1.82, 2.24) is 15.3 Å². The Bertz CT molecular complexity index is 648. The fourth-order valence-electron chi connectivity index (χ4n) is 1.92. The minimum absolute atomic E-state index is 0.123. The van der Waals surface area contributed by atoms with Gasteiger partial charge in [-0.25, -0.2) is 9.97 Å². The van der Waals surface area contributed by atoms with Crippen molar-refractivity contribution < 1.29 is 4.79 Å². The van der Waals surface area contributed by atoms with E-state index in [9.17, 15) is 4.79 Å². The molecule has 0 aliphatic heterocycles. The van der Waals surface area contributed by atoms with Crippen molar-refractivity contribution in [3.63, 3.8) is 0 Å². The van der Waals surface area contributed by atoms with Gasteiger partial charge >= 0.3 is 0 Å². The van der Waals surface area contributed by atoms with Gasteiger partial charge in [-0.2, -0.15) is 0 Å². The molecule has 0 saturated carbocycles. The maximum absolute atomic E-state index is 12.1. The third-order valence-electron chi connectivity index (χ3n) is 3.01. The monoisotopic (exact) mass is 332 g/mol. The Balaban J connectivity index is 1.84. The van der Waals surface area contributed by atoms with E-state index in [2.05, 4.69) is 20.6 Å². The molecule has 0 aliphatic carbocycles. The lowest BCUT2D eigenvalue weighted by Crippen LogP contribution is -2.28. The van der Waals surface area contributed by atoms with Crippen LogP contribution in [-0.4, -0.2) is 28.0 Å². The number of nitrogens with one attached hydrogen (secondary N) is 2. The summed E-state index contributed by atoms with van der Waals surface area (Å²) in [5, 5.41) is 6.72. The Kier molecular flexibility index (Phi) is 5.55. The number of benzene rings is 1. The molecule has 23 heavy (non-hydrogen) atoms. The topological polar surface area (TPSA) is 66.9 Å². The van der Waals surface area contributed by atoms with E-state index in [-0.39, 0.29) is 11.4 Å². The molecule has 0 atom stereocenters. The van der Waals surface area contributed by atoms with Gasteiger partial charge in [0.2, 0.25) is 5.95 Å². The van der Waals surface area contributed by atoms with E-state index in [0.717, 1.165) is 12.0 Å². The molecule has 1 amide bonds. The normalized spacial score (nSPS) is 11.1. The van der Waals surface area contributed by atoms with Gasteiger partial charge in [0.05, 0.1) is 5.56 Å². The Morgan fingerprint density at radius 3 is 2.30 bits per heavy atom. The summed E-state index contributed by atoms with van der Waals surface area (Å²) in [4.78, 5) is 20.4. The van der Waals surface area contributed by atoms with Crippen LogP contribution in [0.15, 0.2) is 36.7 Å². The zero-order valence-electron chi connectivity index (χ0n) is 13.6. The minimum Gasteiger partial charge on any atom is -0.352 e. The molecule has 0 spiro atoms. The molecule has 0 bridgehead atoms. The lowest BCUT2D eigenvalue weighted by Gasteiger charge is -2.20. The predicted octanol–water partition coefficient (Wildman–Crippen LogP) is 3.31. The zero-order chi connectivity index (χ0) is 16.9. The summed E-state index contributed by atoms with van der Waals surface area (Å²) in [7, 11) is 0. The highest BCUT2D eigenvalue weighted by Crippen LogP contribution is 2.10. The van der Waals surface area contributed by atoms with E-state index in [4.69, 9.17) is 11.6 Å². The van der Waals surface area contributed by atoms with Crippen LogP contribution in [0.5, 0.6) is 0 Å². The molecule has 6 heteroatoms. The summed E-state index contributed by atoms with van der Waals surface area (Å²) >= 11 is 5.84. The van der Waals surface area contributed by atoms with Gasteiger partial charge in [0.15, 0.2) is 0 Å². The number of carbonyl (C=O) groups is 1. The summed E-state index contributed by atoms with van der Waals surface area (Å²) in [6.45, 7) is 6.61. The van der Waals surface area contributed by atoms with Crippen LogP contribution in [0.2, 0.25) is 5.02 Å². The molecule has 5 nitrogen and oxygen atoms in total. The van der Waals surface area contributed by atoms with Crippen molar-refractivity contribution >= 4 is 23.5 Å². The van der Waals surface area contributed by atoms with Gasteiger partial charge in [-0.15, -0.1) is 0 Å². The fraction of sp³-hybridized carbons (Fsp3) is 0.353. The van der Waals surface area contributed by atoms with Crippen molar-refractivity contribution in [3.8, 4) is 0 Å². The molecular formula is C17H21ClN4O. The summed E-state index contributed by atoms with van der Waals surface area (Å²) < 4.78 is 0. The molecule has 2 rings (SSSR count). The van der Waals surface area contributed by atoms with Crippen LogP contribution < -0.4 is 10.6 Å². The first kappa shape index (κ1) is 17.2. The predicted molar refractivity (Wildman–Crippen MR) is 92.9 cm³/mol. The van der Waals surface area contributed by atoms with Crippen LogP contribution in [0.3, 0.4) is 0 Å². The highest BCUT2D eigenvalue weighted by molar-refractivity contribution is 6.30. The second-order valence-electron chi connectivity index (χ2n) is 6.30. The second-order valence-corrected chi connectivity index (χ2v) is 6.74. The molecule has 2 N–H and O–H groups in total. The molecule has 0 fully saturated rings. The van der Waals surface area contributed by atoms with Gasteiger partial charge in [0.25, 0.3) is 5.91 Å². The van der Waals surface area contributed by atoms with Crippen LogP contribution in [0.4, 0.5) is 5.95 Å². The van der Waals surface area contributed by atoms with Crippen molar-refractivity contribution in [1.29, 1.82) is 0 Å². The summed E-state index contributed by atoms with van der Waals surface area (Å²) in [6, 6.07) is 7.58. The van der Waals surface area contributed by atoms with E-state index in [0.29, 0.717) is 23.1 Å². The molecule has 1 heterocycles. The average molecular weight is 333 g/mol. The Hall–Kier alpha value is -2.14. The van der Waals surface area contributed by atoms with Gasteiger partial charge in [-0.3, -0.25) is 4.79 Å². The molecule has 0 saturated heterocycles. The maximum Gasteiger partial charge on any atom is 0.254 e. The molecular weight excluding hydrogens is 312 g/mol. The molecule has 1 aromatic heterocycles. The third-order valence-corrected chi connectivity index (χ3v) is 3.27. The Labute approximate surface area is 141 Å². The van der Waals surface area contributed by atoms with Crippen molar-refractivity contribution in [3.05, 3.63) is 52.8 Å². The van der Waals surface area contributed by atoms with Crippen molar-refractivity contribution in [2.75, 3.05) is 11.9 Å². The number of anilines is 1. The number of halogens is 1. The summed E-state index contributed by atoms with van der Waals surface area (Å²) in [5.41, 5.74) is 1.44. The second kappa shape index (κ2) is 7.42. The number of aromatic nitrogens is 2.